The lowest BCUT2D eigenvalue weighted by Gasteiger charge is -2.15. The van der Waals surface area contributed by atoms with Gasteiger partial charge >= 0.3 is 6.18 Å². The molecule has 0 heterocycles. The highest BCUT2D eigenvalue weighted by molar-refractivity contribution is 9.10. The van der Waals surface area contributed by atoms with Crippen LogP contribution in [0.25, 0.3) is 0 Å². The number of hydrogen-bond acceptors (Lipinski definition) is 2. The quantitative estimate of drug-likeness (QED) is 0.847. The smallest absolute Gasteiger partial charge is 0.330 e. The topological polar surface area (TPSA) is 55.1 Å². The van der Waals surface area contributed by atoms with Crippen molar-refractivity contribution in [3.05, 3.63) is 28.2 Å². The molecule has 0 radical (unpaired) electrons. The van der Waals surface area contributed by atoms with E-state index in [2.05, 4.69) is 21.2 Å². The molecule has 0 saturated heterocycles. The fourth-order valence-electron chi connectivity index (χ4n) is 1.57. The summed E-state index contributed by atoms with van der Waals surface area (Å²) in [6, 6.07) is 3.63. The second-order valence-electron chi connectivity index (χ2n) is 4.62. The van der Waals surface area contributed by atoms with Crippen LogP contribution in [0, 0.1) is 5.92 Å². The van der Waals surface area contributed by atoms with Crippen LogP contribution in [0.15, 0.2) is 22.7 Å². The lowest BCUT2D eigenvalue weighted by Crippen LogP contribution is -2.18. The Morgan fingerprint density at radius 1 is 1.45 bits per heavy atom. The zero-order valence-electron chi connectivity index (χ0n) is 10.9. The van der Waals surface area contributed by atoms with Crippen molar-refractivity contribution in [3.8, 4) is 0 Å². The number of carbonyl (C=O) groups excluding carboxylic acids is 1. The normalized spacial score (nSPS) is 13.1. The number of amides is 1. The van der Waals surface area contributed by atoms with Crippen molar-refractivity contribution < 1.29 is 18.0 Å². The number of hydrogen-bond donors (Lipinski definition) is 2. The Balaban J connectivity index is 2.80. The average Bonchev–Trinajstić information content (AvgIpc) is 2.36. The Morgan fingerprint density at radius 3 is 2.65 bits per heavy atom. The molecule has 0 saturated carbocycles. The number of nitrogens with one attached hydrogen (secondary N) is 1. The first-order valence-electron chi connectivity index (χ1n) is 6.10. The Bertz CT molecular complexity index is 477. The SMILES string of the molecule is CC(CN)CCC(=O)Nc1ccc(Br)cc1C(F)(F)F. The molecule has 1 amide bonds. The molecule has 0 bridgehead atoms. The van der Waals surface area contributed by atoms with E-state index in [4.69, 9.17) is 5.73 Å². The summed E-state index contributed by atoms with van der Waals surface area (Å²) in [4.78, 5) is 11.7. The predicted octanol–water partition coefficient (Wildman–Crippen LogP) is 3.78. The van der Waals surface area contributed by atoms with Crippen LogP contribution in [0.2, 0.25) is 0 Å². The minimum atomic E-state index is -4.52. The van der Waals surface area contributed by atoms with Crippen LogP contribution >= 0.6 is 15.9 Å². The van der Waals surface area contributed by atoms with Gasteiger partial charge in [-0.3, -0.25) is 4.79 Å². The number of anilines is 1. The zero-order valence-corrected chi connectivity index (χ0v) is 12.5. The summed E-state index contributed by atoms with van der Waals surface area (Å²) in [5.41, 5.74) is 4.32. The van der Waals surface area contributed by atoms with Gasteiger partial charge in [0.15, 0.2) is 0 Å². The first kappa shape index (κ1) is 17.0. The molecule has 1 atom stereocenters. The fourth-order valence-corrected chi connectivity index (χ4v) is 1.93. The third kappa shape index (κ3) is 5.13. The van der Waals surface area contributed by atoms with Gasteiger partial charge in [0, 0.05) is 10.9 Å². The van der Waals surface area contributed by atoms with Gasteiger partial charge in [-0.25, -0.2) is 0 Å². The molecule has 1 rings (SSSR count). The minimum absolute atomic E-state index is 0.145. The number of alkyl halides is 3. The number of rotatable bonds is 5. The summed E-state index contributed by atoms with van der Waals surface area (Å²) in [6.07, 6.45) is -3.83. The van der Waals surface area contributed by atoms with Crippen molar-refractivity contribution in [1.82, 2.24) is 0 Å². The first-order chi connectivity index (χ1) is 9.24. The van der Waals surface area contributed by atoms with Gasteiger partial charge in [-0.1, -0.05) is 22.9 Å². The largest absolute Gasteiger partial charge is 0.418 e. The Labute approximate surface area is 123 Å². The van der Waals surface area contributed by atoms with E-state index in [9.17, 15) is 18.0 Å². The summed E-state index contributed by atoms with van der Waals surface area (Å²) in [6.45, 7) is 2.33. The van der Waals surface area contributed by atoms with Crippen molar-refractivity contribution in [1.29, 1.82) is 0 Å². The number of halogens is 4. The van der Waals surface area contributed by atoms with Crippen molar-refractivity contribution in [3.63, 3.8) is 0 Å². The lowest BCUT2D eigenvalue weighted by atomic mass is 10.1. The van der Waals surface area contributed by atoms with Crippen LogP contribution < -0.4 is 11.1 Å². The van der Waals surface area contributed by atoms with Gasteiger partial charge in [0.25, 0.3) is 0 Å². The molecule has 1 aromatic carbocycles. The third-order valence-corrected chi connectivity index (χ3v) is 3.32. The molecule has 0 fully saturated rings. The zero-order chi connectivity index (χ0) is 15.3. The lowest BCUT2D eigenvalue weighted by molar-refractivity contribution is -0.137. The molecule has 20 heavy (non-hydrogen) atoms. The summed E-state index contributed by atoms with van der Waals surface area (Å²) in [5.74, 6) is -0.286. The second-order valence-corrected chi connectivity index (χ2v) is 5.53. The molecule has 7 heteroatoms. The highest BCUT2D eigenvalue weighted by Gasteiger charge is 2.34. The maximum Gasteiger partial charge on any atom is 0.418 e. The van der Waals surface area contributed by atoms with Gasteiger partial charge < -0.3 is 11.1 Å². The molecule has 0 aliphatic carbocycles. The molecule has 0 aromatic heterocycles. The van der Waals surface area contributed by atoms with Gasteiger partial charge in [-0.15, -0.1) is 0 Å². The van der Waals surface area contributed by atoms with E-state index in [0.717, 1.165) is 6.07 Å². The van der Waals surface area contributed by atoms with Gasteiger partial charge in [0.05, 0.1) is 11.3 Å². The summed E-state index contributed by atoms with van der Waals surface area (Å²) in [5, 5.41) is 2.30. The fraction of sp³-hybridized carbons (Fsp3) is 0.462. The molecular weight excluding hydrogens is 337 g/mol. The Morgan fingerprint density at radius 2 is 2.10 bits per heavy atom. The molecule has 0 spiro atoms. The van der Waals surface area contributed by atoms with E-state index in [0.29, 0.717) is 17.4 Å². The Kier molecular flexibility index (Phi) is 6.01. The molecule has 0 aliphatic heterocycles. The van der Waals surface area contributed by atoms with Gasteiger partial charge in [-0.05, 0) is 37.1 Å². The molecule has 0 aliphatic rings. The van der Waals surface area contributed by atoms with Crippen LogP contribution in [-0.2, 0) is 11.0 Å². The molecule has 3 N–H and O–H groups in total. The third-order valence-electron chi connectivity index (χ3n) is 2.83. The molecule has 3 nitrogen and oxygen atoms in total. The minimum Gasteiger partial charge on any atom is -0.330 e. The van der Waals surface area contributed by atoms with E-state index in [1.54, 1.807) is 0 Å². The van der Waals surface area contributed by atoms with Gasteiger partial charge in [-0.2, -0.15) is 13.2 Å². The highest BCUT2D eigenvalue weighted by atomic mass is 79.9. The molecular formula is C13H16BrF3N2O. The van der Waals surface area contributed by atoms with Crippen molar-refractivity contribution in [2.75, 3.05) is 11.9 Å². The van der Waals surface area contributed by atoms with Crippen molar-refractivity contribution >= 4 is 27.5 Å². The van der Waals surface area contributed by atoms with Crippen LogP contribution in [0.5, 0.6) is 0 Å². The van der Waals surface area contributed by atoms with E-state index >= 15 is 0 Å². The van der Waals surface area contributed by atoms with Crippen molar-refractivity contribution in [2.24, 2.45) is 11.7 Å². The van der Waals surface area contributed by atoms with Gasteiger partial charge in [0.1, 0.15) is 0 Å². The standard InChI is InChI=1S/C13H16BrF3N2O/c1-8(7-18)2-5-12(20)19-11-4-3-9(14)6-10(11)13(15,16)17/h3-4,6,8H,2,5,7,18H2,1H3,(H,19,20). The Hall–Kier alpha value is -1.08. The summed E-state index contributed by atoms with van der Waals surface area (Å²) < 4.78 is 38.9. The monoisotopic (exact) mass is 352 g/mol. The predicted molar refractivity (Wildman–Crippen MR) is 75.2 cm³/mol. The van der Waals surface area contributed by atoms with E-state index < -0.39 is 17.6 Å². The number of benzene rings is 1. The van der Waals surface area contributed by atoms with E-state index in [-0.39, 0.29) is 18.0 Å². The first-order valence-corrected chi connectivity index (χ1v) is 6.90. The second kappa shape index (κ2) is 7.08. The van der Waals surface area contributed by atoms with Crippen LogP contribution in [-0.4, -0.2) is 12.5 Å². The molecule has 1 aromatic rings. The maximum absolute atomic E-state index is 12.9. The highest BCUT2D eigenvalue weighted by Crippen LogP contribution is 2.36. The van der Waals surface area contributed by atoms with E-state index in [1.807, 2.05) is 6.92 Å². The van der Waals surface area contributed by atoms with E-state index in [1.165, 1.54) is 12.1 Å². The number of carbonyl (C=O) groups is 1. The van der Waals surface area contributed by atoms with Crippen molar-refractivity contribution in [2.45, 2.75) is 25.9 Å². The van der Waals surface area contributed by atoms with Gasteiger partial charge in [0.2, 0.25) is 5.91 Å². The average molecular weight is 353 g/mol. The van der Waals surface area contributed by atoms with Crippen LogP contribution in [0.4, 0.5) is 18.9 Å². The molecule has 1 unspecified atom stereocenters. The van der Waals surface area contributed by atoms with Crippen LogP contribution in [0.3, 0.4) is 0 Å². The summed E-state index contributed by atoms with van der Waals surface area (Å²) in [7, 11) is 0. The molecule has 112 valence electrons. The maximum atomic E-state index is 12.9. The number of nitrogens with two attached hydrogens (primary N) is 1. The van der Waals surface area contributed by atoms with Crippen LogP contribution in [0.1, 0.15) is 25.3 Å². The summed E-state index contributed by atoms with van der Waals surface area (Å²) >= 11 is 2.99.